The molecule has 2 aromatic heterocycles. The van der Waals surface area contributed by atoms with E-state index in [9.17, 15) is 19.8 Å². The number of anilines is 1. The van der Waals surface area contributed by atoms with Crippen molar-refractivity contribution in [2.75, 3.05) is 5.73 Å². The van der Waals surface area contributed by atoms with Crippen molar-refractivity contribution < 1.29 is 14.9 Å². The van der Waals surface area contributed by atoms with E-state index in [2.05, 4.69) is 15.9 Å². The van der Waals surface area contributed by atoms with E-state index in [0.29, 0.717) is 6.42 Å². The van der Waals surface area contributed by atoms with Crippen LogP contribution in [0.25, 0.3) is 11.2 Å². The van der Waals surface area contributed by atoms with E-state index >= 15 is 0 Å². The number of aromatic nitrogens is 4. The summed E-state index contributed by atoms with van der Waals surface area (Å²) in [6.07, 6.45) is 2.28. The monoisotopic (exact) mass is 349 g/mol. The van der Waals surface area contributed by atoms with Crippen molar-refractivity contribution in [3.63, 3.8) is 0 Å². The lowest BCUT2D eigenvalue weighted by Crippen LogP contribution is -2.32. The molecule has 3 rings (SSSR count). The molecule has 0 radical (unpaired) electrons. The molecule has 5 N–H and O–H groups in total. The molecule has 0 amide bonds. The van der Waals surface area contributed by atoms with Gasteiger partial charge in [0.05, 0.1) is 18.8 Å². The molecule has 0 aromatic carbocycles. The number of terminal acetylenes is 1. The Hall–Kier alpha value is -2.61. The first-order valence-corrected chi connectivity index (χ1v) is 7.84. The quantitative estimate of drug-likeness (QED) is 0.492. The Morgan fingerprint density at radius 3 is 2.92 bits per heavy atom. The minimum atomic E-state index is -1.10. The van der Waals surface area contributed by atoms with Gasteiger partial charge in [0.25, 0.3) is 5.56 Å². The van der Waals surface area contributed by atoms with Crippen molar-refractivity contribution in [1.29, 1.82) is 0 Å². The highest BCUT2D eigenvalue weighted by Gasteiger charge is 2.40. The highest BCUT2D eigenvalue weighted by atomic mass is 16.5. The number of hydrogen-bond donors (Lipinski definition) is 4. The SMILES string of the molecule is C#CCn1c(=O)n([C@@H]2O[C@H]([C@@H](O)CC)C[C@H]2O)c2nc(N)[nH]c(=O)c21. The van der Waals surface area contributed by atoms with Gasteiger partial charge < -0.3 is 20.7 Å². The summed E-state index contributed by atoms with van der Waals surface area (Å²) in [5, 5.41) is 20.3. The number of nitrogen functional groups attached to an aromatic ring is 1. The predicted octanol–water partition coefficient (Wildman–Crippen LogP) is -1.48. The molecular formula is C15H19N5O5. The average molecular weight is 349 g/mol. The second-order valence-corrected chi connectivity index (χ2v) is 5.91. The molecule has 2 aromatic rings. The minimum Gasteiger partial charge on any atom is -0.390 e. The Labute approximate surface area is 141 Å². The van der Waals surface area contributed by atoms with Crippen LogP contribution in [0.3, 0.4) is 0 Å². The van der Waals surface area contributed by atoms with Crippen molar-refractivity contribution in [2.45, 2.75) is 50.8 Å². The highest BCUT2D eigenvalue weighted by molar-refractivity contribution is 5.72. The molecule has 25 heavy (non-hydrogen) atoms. The summed E-state index contributed by atoms with van der Waals surface area (Å²) in [7, 11) is 0. The number of hydrogen-bond acceptors (Lipinski definition) is 7. The first kappa shape index (κ1) is 17.2. The van der Waals surface area contributed by atoms with Gasteiger partial charge in [0, 0.05) is 6.42 Å². The van der Waals surface area contributed by atoms with Crippen molar-refractivity contribution in [1.82, 2.24) is 19.1 Å². The van der Waals surface area contributed by atoms with Gasteiger partial charge in [0.1, 0.15) is 6.10 Å². The summed E-state index contributed by atoms with van der Waals surface area (Å²) >= 11 is 0. The second kappa shape index (κ2) is 6.36. The number of rotatable bonds is 4. The molecule has 0 spiro atoms. The molecule has 0 saturated carbocycles. The third-order valence-electron chi connectivity index (χ3n) is 4.30. The summed E-state index contributed by atoms with van der Waals surface area (Å²) in [4.78, 5) is 31.3. The molecule has 1 aliphatic heterocycles. The van der Waals surface area contributed by atoms with Crippen LogP contribution in [0.2, 0.25) is 0 Å². The molecule has 10 heteroatoms. The zero-order chi connectivity index (χ0) is 18.3. The summed E-state index contributed by atoms with van der Waals surface area (Å²) < 4.78 is 7.81. The van der Waals surface area contributed by atoms with Crippen LogP contribution in [-0.4, -0.2) is 47.6 Å². The summed E-state index contributed by atoms with van der Waals surface area (Å²) in [6, 6.07) is 0. The molecule has 4 atom stereocenters. The molecule has 134 valence electrons. The Balaban J connectivity index is 2.20. The maximum atomic E-state index is 12.8. The topological polar surface area (TPSA) is 148 Å². The molecular weight excluding hydrogens is 330 g/mol. The van der Waals surface area contributed by atoms with Crippen LogP contribution >= 0.6 is 0 Å². The molecule has 10 nitrogen and oxygen atoms in total. The number of nitrogens with zero attached hydrogens (tertiary/aromatic N) is 3. The van der Waals surface area contributed by atoms with Crippen molar-refractivity contribution in [3.05, 3.63) is 20.8 Å². The maximum Gasteiger partial charge on any atom is 0.333 e. The van der Waals surface area contributed by atoms with Crippen LogP contribution < -0.4 is 17.0 Å². The van der Waals surface area contributed by atoms with E-state index in [1.54, 1.807) is 6.92 Å². The third kappa shape index (κ3) is 2.72. The van der Waals surface area contributed by atoms with Gasteiger partial charge in [0.2, 0.25) is 5.95 Å². The van der Waals surface area contributed by atoms with Crippen LogP contribution in [0.4, 0.5) is 5.95 Å². The van der Waals surface area contributed by atoms with Gasteiger partial charge >= 0.3 is 5.69 Å². The number of imidazole rings is 1. The molecule has 1 saturated heterocycles. The van der Waals surface area contributed by atoms with E-state index in [4.69, 9.17) is 16.9 Å². The summed E-state index contributed by atoms with van der Waals surface area (Å²) in [5.74, 6) is 2.13. The molecule has 3 heterocycles. The van der Waals surface area contributed by atoms with Gasteiger partial charge in [-0.2, -0.15) is 4.98 Å². The first-order valence-electron chi connectivity index (χ1n) is 7.84. The highest BCUT2D eigenvalue weighted by Crippen LogP contribution is 2.32. The van der Waals surface area contributed by atoms with E-state index < -0.39 is 35.8 Å². The number of ether oxygens (including phenoxy) is 1. The standard InChI is InChI=1S/C15H19N5O5/c1-3-5-19-10-11(17-14(16)18-12(10)23)20(15(19)24)13-8(22)6-9(25-13)7(21)4-2/h1,7-9,13,21-22H,4-6H2,2H3,(H3,16,17,18,23)/t7-,8+,9-,13+/m0/s1. The smallest absolute Gasteiger partial charge is 0.333 e. The zero-order valence-corrected chi connectivity index (χ0v) is 13.5. The molecule has 1 fully saturated rings. The van der Waals surface area contributed by atoms with Gasteiger partial charge in [-0.15, -0.1) is 6.42 Å². The van der Waals surface area contributed by atoms with Crippen LogP contribution in [0, 0.1) is 12.3 Å². The van der Waals surface area contributed by atoms with Gasteiger partial charge in [-0.3, -0.25) is 14.3 Å². The van der Waals surface area contributed by atoms with Gasteiger partial charge in [-0.25, -0.2) is 9.36 Å². The zero-order valence-electron chi connectivity index (χ0n) is 13.5. The van der Waals surface area contributed by atoms with Gasteiger partial charge in [-0.05, 0) is 6.42 Å². The molecule has 1 aliphatic rings. The Kier molecular flexibility index (Phi) is 4.38. The first-order chi connectivity index (χ1) is 11.9. The lowest BCUT2D eigenvalue weighted by atomic mass is 10.1. The fourth-order valence-electron chi connectivity index (χ4n) is 3.09. The van der Waals surface area contributed by atoms with Crippen LogP contribution in [-0.2, 0) is 11.3 Å². The van der Waals surface area contributed by atoms with E-state index in [-0.39, 0.29) is 30.1 Å². The van der Waals surface area contributed by atoms with Crippen LogP contribution in [0.5, 0.6) is 0 Å². The van der Waals surface area contributed by atoms with Crippen LogP contribution in [0.1, 0.15) is 26.0 Å². The fraction of sp³-hybridized carbons (Fsp3) is 0.533. The van der Waals surface area contributed by atoms with Gasteiger partial charge in [-0.1, -0.05) is 12.8 Å². The van der Waals surface area contributed by atoms with Crippen LogP contribution in [0.15, 0.2) is 9.59 Å². The number of nitrogens with one attached hydrogen (secondary N) is 1. The van der Waals surface area contributed by atoms with Gasteiger partial charge in [0.15, 0.2) is 17.4 Å². The van der Waals surface area contributed by atoms with Crippen molar-refractivity contribution >= 4 is 17.1 Å². The number of nitrogens with two attached hydrogens (primary N) is 1. The fourth-order valence-corrected chi connectivity index (χ4v) is 3.09. The maximum absolute atomic E-state index is 12.8. The number of aromatic amines is 1. The van der Waals surface area contributed by atoms with E-state index in [1.165, 1.54) is 0 Å². The average Bonchev–Trinajstić information content (AvgIpc) is 3.05. The summed E-state index contributed by atoms with van der Waals surface area (Å²) in [6.45, 7) is 1.63. The minimum absolute atomic E-state index is 0.0304. The van der Waals surface area contributed by atoms with Crippen molar-refractivity contribution in [3.8, 4) is 12.3 Å². The Morgan fingerprint density at radius 2 is 2.28 bits per heavy atom. The lowest BCUT2D eigenvalue weighted by molar-refractivity contribution is -0.0759. The summed E-state index contributed by atoms with van der Waals surface area (Å²) in [5.41, 5.74) is 4.24. The number of aliphatic hydroxyl groups excluding tert-OH is 2. The Bertz CT molecular complexity index is 952. The third-order valence-corrected chi connectivity index (χ3v) is 4.30. The second-order valence-electron chi connectivity index (χ2n) is 5.91. The number of H-pyrrole nitrogens is 1. The lowest BCUT2D eigenvalue weighted by Gasteiger charge is -2.18. The largest absolute Gasteiger partial charge is 0.390 e. The normalized spacial score (nSPS) is 24.5. The predicted molar refractivity (Wildman–Crippen MR) is 88.7 cm³/mol. The molecule has 0 aliphatic carbocycles. The number of fused-ring (bicyclic) bond motifs is 1. The Morgan fingerprint density at radius 1 is 1.56 bits per heavy atom. The number of aliphatic hydroxyl groups is 2. The van der Waals surface area contributed by atoms with Crippen molar-refractivity contribution in [2.24, 2.45) is 0 Å². The van der Waals surface area contributed by atoms with E-state index in [0.717, 1.165) is 9.13 Å². The molecule has 0 bridgehead atoms. The molecule has 0 unspecified atom stereocenters. The van der Waals surface area contributed by atoms with E-state index in [1.807, 2.05) is 0 Å².